The molecule has 0 aliphatic rings. The van der Waals surface area contributed by atoms with E-state index in [9.17, 15) is 14.9 Å². The van der Waals surface area contributed by atoms with Gasteiger partial charge in [-0.2, -0.15) is 0 Å². The lowest BCUT2D eigenvalue weighted by Crippen LogP contribution is -2.29. The predicted molar refractivity (Wildman–Crippen MR) is 65.3 cm³/mol. The van der Waals surface area contributed by atoms with Crippen LogP contribution in [0.2, 0.25) is 0 Å². The van der Waals surface area contributed by atoms with Crippen LogP contribution in [0.4, 0.5) is 5.69 Å². The molecular weight excluding hydrogens is 238 g/mol. The monoisotopic (exact) mass is 255 g/mol. The number of aromatic nitrogens is 1. The number of hydrogen-bond donors (Lipinski definition) is 3. The highest BCUT2D eigenvalue weighted by molar-refractivity contribution is 5.93. The number of rotatable bonds is 7. The van der Waals surface area contributed by atoms with Crippen LogP contribution in [0.25, 0.3) is 0 Å². The van der Waals surface area contributed by atoms with Gasteiger partial charge < -0.3 is 15.4 Å². The van der Waals surface area contributed by atoms with Crippen molar-refractivity contribution in [2.75, 3.05) is 13.2 Å². The SMILES string of the molecule is CCC(CCO)CNC(=O)c1cc([N+](=O)[O-])c[nH]1. The predicted octanol–water partition coefficient (Wildman–Crippen LogP) is 1.06. The molecule has 7 heteroatoms. The molecule has 7 nitrogen and oxygen atoms in total. The number of nitrogens with zero attached hydrogens (tertiary/aromatic N) is 1. The smallest absolute Gasteiger partial charge is 0.287 e. The average molecular weight is 255 g/mol. The lowest BCUT2D eigenvalue weighted by atomic mass is 10.0. The van der Waals surface area contributed by atoms with E-state index in [0.29, 0.717) is 13.0 Å². The molecule has 0 fully saturated rings. The summed E-state index contributed by atoms with van der Waals surface area (Å²) >= 11 is 0. The molecule has 0 saturated heterocycles. The molecule has 1 aromatic heterocycles. The number of carbonyl (C=O) groups is 1. The van der Waals surface area contributed by atoms with Crippen molar-refractivity contribution < 1.29 is 14.8 Å². The highest BCUT2D eigenvalue weighted by atomic mass is 16.6. The summed E-state index contributed by atoms with van der Waals surface area (Å²) in [6.07, 6.45) is 2.66. The molecule has 0 saturated carbocycles. The molecule has 1 aromatic rings. The number of nitrogens with one attached hydrogen (secondary N) is 2. The van der Waals surface area contributed by atoms with Crippen LogP contribution in [-0.4, -0.2) is 34.1 Å². The first-order valence-corrected chi connectivity index (χ1v) is 5.80. The van der Waals surface area contributed by atoms with Crippen LogP contribution >= 0.6 is 0 Å². The first-order chi connectivity index (χ1) is 8.58. The summed E-state index contributed by atoms with van der Waals surface area (Å²) in [5, 5.41) is 22.0. The molecule has 0 spiro atoms. The van der Waals surface area contributed by atoms with Gasteiger partial charge in [-0.05, 0) is 12.3 Å². The zero-order chi connectivity index (χ0) is 13.5. The molecule has 18 heavy (non-hydrogen) atoms. The van der Waals surface area contributed by atoms with E-state index in [1.54, 1.807) is 0 Å². The molecule has 0 aromatic carbocycles. The molecule has 0 aliphatic heterocycles. The van der Waals surface area contributed by atoms with Gasteiger partial charge in [0, 0.05) is 19.2 Å². The molecule has 1 heterocycles. The standard InChI is InChI=1S/C11H17N3O4/c1-2-8(3-4-15)6-13-11(16)10-5-9(7-12-10)14(17)18/h5,7-8,12,15H,2-4,6H2,1H3,(H,13,16). The largest absolute Gasteiger partial charge is 0.396 e. The van der Waals surface area contributed by atoms with Gasteiger partial charge in [0.2, 0.25) is 0 Å². The van der Waals surface area contributed by atoms with E-state index >= 15 is 0 Å². The van der Waals surface area contributed by atoms with E-state index in [4.69, 9.17) is 5.11 Å². The van der Waals surface area contributed by atoms with Gasteiger partial charge in [0.1, 0.15) is 5.69 Å². The molecule has 1 unspecified atom stereocenters. The summed E-state index contributed by atoms with van der Waals surface area (Å²) in [7, 11) is 0. The summed E-state index contributed by atoms with van der Waals surface area (Å²) in [5.41, 5.74) is 0.0306. The first kappa shape index (κ1) is 14.2. The summed E-state index contributed by atoms with van der Waals surface area (Å²) in [4.78, 5) is 24.1. The fourth-order valence-corrected chi connectivity index (χ4v) is 1.58. The van der Waals surface area contributed by atoms with Crippen LogP contribution in [0.1, 0.15) is 30.3 Å². The Hall–Kier alpha value is -1.89. The zero-order valence-corrected chi connectivity index (χ0v) is 10.2. The Labute approximate surface area is 104 Å². The fourth-order valence-electron chi connectivity index (χ4n) is 1.58. The number of H-pyrrole nitrogens is 1. The third-order valence-electron chi connectivity index (χ3n) is 2.79. The number of aromatic amines is 1. The van der Waals surface area contributed by atoms with Gasteiger partial charge >= 0.3 is 0 Å². The molecule has 0 radical (unpaired) electrons. The highest BCUT2D eigenvalue weighted by Gasteiger charge is 2.15. The fraction of sp³-hybridized carbons (Fsp3) is 0.545. The van der Waals surface area contributed by atoms with E-state index < -0.39 is 4.92 Å². The van der Waals surface area contributed by atoms with Crippen molar-refractivity contribution >= 4 is 11.6 Å². The second-order valence-electron chi connectivity index (χ2n) is 4.03. The minimum absolute atomic E-state index is 0.0857. The second kappa shape index (κ2) is 6.75. The van der Waals surface area contributed by atoms with Crippen LogP contribution < -0.4 is 5.32 Å². The Balaban J connectivity index is 2.51. The molecule has 1 rings (SSSR count). The van der Waals surface area contributed by atoms with Crippen molar-refractivity contribution in [1.29, 1.82) is 0 Å². The van der Waals surface area contributed by atoms with Gasteiger partial charge in [-0.15, -0.1) is 0 Å². The number of aliphatic hydroxyl groups is 1. The number of nitro groups is 1. The summed E-state index contributed by atoms with van der Waals surface area (Å²) in [6.45, 7) is 2.51. The maximum Gasteiger partial charge on any atom is 0.287 e. The highest BCUT2D eigenvalue weighted by Crippen LogP contribution is 2.12. The number of carbonyl (C=O) groups excluding carboxylic acids is 1. The van der Waals surface area contributed by atoms with E-state index in [-0.39, 0.29) is 29.8 Å². The van der Waals surface area contributed by atoms with Crippen LogP contribution in [0.3, 0.4) is 0 Å². The summed E-state index contributed by atoms with van der Waals surface area (Å²) in [6, 6.07) is 1.20. The van der Waals surface area contributed by atoms with Crippen molar-refractivity contribution in [3.05, 3.63) is 28.1 Å². The van der Waals surface area contributed by atoms with E-state index in [1.807, 2.05) is 6.92 Å². The second-order valence-corrected chi connectivity index (χ2v) is 4.03. The first-order valence-electron chi connectivity index (χ1n) is 5.80. The van der Waals surface area contributed by atoms with Crippen molar-refractivity contribution in [2.45, 2.75) is 19.8 Å². The molecule has 0 aliphatic carbocycles. The maximum absolute atomic E-state index is 11.7. The van der Waals surface area contributed by atoms with Gasteiger partial charge in [-0.3, -0.25) is 14.9 Å². The third-order valence-corrected chi connectivity index (χ3v) is 2.79. The Bertz CT molecular complexity index is 416. The summed E-state index contributed by atoms with van der Waals surface area (Å²) < 4.78 is 0. The van der Waals surface area contributed by atoms with E-state index in [2.05, 4.69) is 10.3 Å². The average Bonchev–Trinajstić information content (AvgIpc) is 2.83. The van der Waals surface area contributed by atoms with Gasteiger partial charge in [0.15, 0.2) is 0 Å². The van der Waals surface area contributed by atoms with Crippen molar-refractivity contribution in [2.24, 2.45) is 5.92 Å². The van der Waals surface area contributed by atoms with Gasteiger partial charge in [-0.25, -0.2) is 0 Å². The van der Waals surface area contributed by atoms with Crippen LogP contribution in [0.15, 0.2) is 12.3 Å². The van der Waals surface area contributed by atoms with Crippen molar-refractivity contribution in [1.82, 2.24) is 10.3 Å². The molecule has 100 valence electrons. The van der Waals surface area contributed by atoms with Gasteiger partial charge in [-0.1, -0.05) is 13.3 Å². The molecular formula is C11H17N3O4. The minimum Gasteiger partial charge on any atom is -0.396 e. The zero-order valence-electron chi connectivity index (χ0n) is 10.2. The Morgan fingerprint density at radius 1 is 1.67 bits per heavy atom. The lowest BCUT2D eigenvalue weighted by molar-refractivity contribution is -0.384. The molecule has 0 bridgehead atoms. The van der Waals surface area contributed by atoms with Crippen molar-refractivity contribution in [3.63, 3.8) is 0 Å². The maximum atomic E-state index is 11.7. The van der Waals surface area contributed by atoms with Crippen LogP contribution in [0, 0.1) is 16.0 Å². The Morgan fingerprint density at radius 2 is 2.39 bits per heavy atom. The quantitative estimate of drug-likeness (QED) is 0.500. The van der Waals surface area contributed by atoms with E-state index in [1.165, 1.54) is 12.3 Å². The normalized spacial score (nSPS) is 12.1. The molecule has 1 amide bonds. The van der Waals surface area contributed by atoms with Crippen molar-refractivity contribution in [3.8, 4) is 0 Å². The lowest BCUT2D eigenvalue weighted by Gasteiger charge is -2.13. The summed E-state index contributed by atoms with van der Waals surface area (Å²) in [5.74, 6) is -0.164. The van der Waals surface area contributed by atoms with Crippen LogP contribution in [0.5, 0.6) is 0 Å². The number of amides is 1. The van der Waals surface area contributed by atoms with Gasteiger partial charge in [0.25, 0.3) is 11.6 Å². The molecule has 1 atom stereocenters. The number of aliphatic hydroxyl groups excluding tert-OH is 1. The van der Waals surface area contributed by atoms with Gasteiger partial charge in [0.05, 0.1) is 11.1 Å². The number of hydrogen-bond acceptors (Lipinski definition) is 4. The van der Waals surface area contributed by atoms with Crippen LogP contribution in [-0.2, 0) is 0 Å². The topological polar surface area (TPSA) is 108 Å². The Morgan fingerprint density at radius 3 is 2.89 bits per heavy atom. The molecule has 3 N–H and O–H groups in total. The minimum atomic E-state index is -0.562. The Kier molecular flexibility index (Phi) is 5.31. The van der Waals surface area contributed by atoms with E-state index in [0.717, 1.165) is 6.42 Å². The third kappa shape index (κ3) is 3.85.